The van der Waals surface area contributed by atoms with Crippen LogP contribution in [-0.4, -0.2) is 12.3 Å². The van der Waals surface area contributed by atoms with Crippen LogP contribution in [0, 0.1) is 22.7 Å². The zero-order chi connectivity index (χ0) is 12.8. The lowest BCUT2D eigenvalue weighted by molar-refractivity contribution is 0.648. The average molecular weight is 239 g/mol. The van der Waals surface area contributed by atoms with Crippen molar-refractivity contribution in [3.8, 4) is 12.1 Å². The monoisotopic (exact) mass is 239 g/mol. The second-order valence-corrected chi connectivity index (χ2v) is 4.07. The first-order valence-corrected chi connectivity index (χ1v) is 5.80. The van der Waals surface area contributed by atoms with Gasteiger partial charge in [0.2, 0.25) is 5.71 Å². The Kier molecular flexibility index (Phi) is 3.90. The quantitative estimate of drug-likeness (QED) is 0.623. The fraction of sp³-hybridized carbons (Fsp3) is 0.308. The molecule has 0 saturated carbocycles. The van der Waals surface area contributed by atoms with E-state index in [4.69, 9.17) is 10.5 Å². The predicted molar refractivity (Wildman–Crippen MR) is 68.7 cm³/mol. The lowest BCUT2D eigenvalue weighted by Crippen LogP contribution is -2.12. The van der Waals surface area contributed by atoms with E-state index in [0.717, 1.165) is 18.7 Å². The number of rotatable bonds is 3. The molecule has 0 bridgehead atoms. The van der Waals surface area contributed by atoms with Crippen molar-refractivity contribution in [2.75, 3.05) is 12.0 Å². The molecule has 1 atom stereocenters. The molecule has 1 aromatic carbocycles. The molecule has 0 spiro atoms. The molecule has 1 aliphatic heterocycles. The highest BCUT2D eigenvalue weighted by atomic mass is 15.3. The number of nitriles is 2. The van der Waals surface area contributed by atoms with E-state index in [-0.39, 0.29) is 5.71 Å². The summed E-state index contributed by atoms with van der Waals surface area (Å²) in [6, 6.07) is 11.6. The third kappa shape index (κ3) is 2.85. The van der Waals surface area contributed by atoms with Crippen molar-refractivity contribution in [3.63, 3.8) is 0 Å². The predicted octanol–water partition coefficient (Wildman–Crippen LogP) is 1.93. The normalized spacial score (nSPS) is 17.6. The molecule has 1 fully saturated rings. The minimum absolute atomic E-state index is 0.181. The molecule has 0 radical (unpaired) electrons. The lowest BCUT2D eigenvalue weighted by Gasteiger charge is -2.11. The fourth-order valence-corrected chi connectivity index (χ4v) is 1.99. The van der Waals surface area contributed by atoms with Crippen molar-refractivity contribution in [3.05, 3.63) is 29.8 Å². The topological polar surface area (TPSA) is 84.0 Å². The van der Waals surface area contributed by atoms with Crippen LogP contribution in [-0.2, 0) is 0 Å². The molecule has 1 unspecified atom stereocenters. The molecule has 1 aromatic rings. The third-order valence-corrected chi connectivity index (χ3v) is 2.86. The van der Waals surface area contributed by atoms with Crippen molar-refractivity contribution in [1.82, 2.24) is 5.32 Å². The number of hydrogen-bond acceptors (Lipinski definition) is 5. The Labute approximate surface area is 106 Å². The first kappa shape index (κ1) is 12.1. The highest BCUT2D eigenvalue weighted by Crippen LogP contribution is 2.24. The Balaban J connectivity index is 2.11. The van der Waals surface area contributed by atoms with Gasteiger partial charge in [-0.15, -0.1) is 0 Å². The van der Waals surface area contributed by atoms with Gasteiger partial charge in [0.05, 0.1) is 5.69 Å². The Bertz CT molecular complexity index is 513. The summed E-state index contributed by atoms with van der Waals surface area (Å²) in [5.41, 5.74) is 4.52. The summed E-state index contributed by atoms with van der Waals surface area (Å²) in [6.45, 7) is 1.05. The summed E-state index contributed by atoms with van der Waals surface area (Å²) in [5.74, 6) is 0. The Morgan fingerprint density at radius 3 is 2.89 bits per heavy atom. The van der Waals surface area contributed by atoms with Crippen molar-refractivity contribution < 1.29 is 0 Å². The van der Waals surface area contributed by atoms with Crippen LogP contribution in [0.15, 0.2) is 29.4 Å². The van der Waals surface area contributed by atoms with Crippen molar-refractivity contribution in [2.45, 2.75) is 18.9 Å². The number of nitrogens with one attached hydrogen (secondary N) is 2. The van der Waals surface area contributed by atoms with Gasteiger partial charge in [-0.1, -0.05) is 12.1 Å². The molecule has 1 heterocycles. The summed E-state index contributed by atoms with van der Waals surface area (Å²) in [5, 5.41) is 24.3. The van der Waals surface area contributed by atoms with Gasteiger partial charge in [-0.05, 0) is 37.1 Å². The zero-order valence-electron chi connectivity index (χ0n) is 9.85. The van der Waals surface area contributed by atoms with E-state index in [0.29, 0.717) is 6.04 Å². The summed E-state index contributed by atoms with van der Waals surface area (Å²) < 4.78 is 0. The van der Waals surface area contributed by atoms with Crippen molar-refractivity contribution >= 4 is 11.4 Å². The van der Waals surface area contributed by atoms with E-state index in [1.54, 1.807) is 12.1 Å². The minimum atomic E-state index is -0.181. The van der Waals surface area contributed by atoms with Crippen LogP contribution in [0.5, 0.6) is 0 Å². The Morgan fingerprint density at radius 1 is 1.39 bits per heavy atom. The molecule has 2 N–H and O–H groups in total. The molecule has 5 nitrogen and oxygen atoms in total. The molecule has 0 aliphatic carbocycles. The van der Waals surface area contributed by atoms with Crippen molar-refractivity contribution in [2.24, 2.45) is 5.10 Å². The van der Waals surface area contributed by atoms with E-state index in [1.807, 2.05) is 18.2 Å². The van der Waals surface area contributed by atoms with Crippen LogP contribution in [0.1, 0.15) is 24.4 Å². The highest BCUT2D eigenvalue weighted by molar-refractivity contribution is 6.10. The maximum absolute atomic E-state index is 8.58. The van der Waals surface area contributed by atoms with Gasteiger partial charge in [0, 0.05) is 6.04 Å². The molecule has 18 heavy (non-hydrogen) atoms. The van der Waals surface area contributed by atoms with E-state index >= 15 is 0 Å². The first-order valence-electron chi connectivity index (χ1n) is 5.80. The SMILES string of the molecule is N#CC(C#N)=NNc1cccc(C2CCCN2)c1. The zero-order valence-corrected chi connectivity index (χ0v) is 9.85. The first-order chi connectivity index (χ1) is 8.83. The van der Waals surface area contributed by atoms with Crippen LogP contribution in [0.3, 0.4) is 0 Å². The van der Waals surface area contributed by atoms with E-state index in [1.165, 1.54) is 12.0 Å². The molecule has 5 heteroatoms. The van der Waals surface area contributed by atoms with E-state index < -0.39 is 0 Å². The summed E-state index contributed by atoms with van der Waals surface area (Å²) in [7, 11) is 0. The van der Waals surface area contributed by atoms with Gasteiger partial charge in [-0.25, -0.2) is 0 Å². The van der Waals surface area contributed by atoms with Gasteiger partial charge < -0.3 is 5.32 Å². The lowest BCUT2D eigenvalue weighted by atomic mass is 10.1. The average Bonchev–Trinajstić information content (AvgIpc) is 2.94. The second kappa shape index (κ2) is 5.81. The fourth-order valence-electron chi connectivity index (χ4n) is 1.99. The summed E-state index contributed by atoms with van der Waals surface area (Å²) in [6.07, 6.45) is 2.32. The maximum atomic E-state index is 8.58. The smallest absolute Gasteiger partial charge is 0.237 e. The van der Waals surface area contributed by atoms with Crippen LogP contribution in [0.4, 0.5) is 5.69 Å². The minimum Gasteiger partial charge on any atom is -0.310 e. The van der Waals surface area contributed by atoms with Crippen LogP contribution >= 0.6 is 0 Å². The van der Waals surface area contributed by atoms with Gasteiger partial charge in [0.15, 0.2) is 0 Å². The maximum Gasteiger partial charge on any atom is 0.237 e. The van der Waals surface area contributed by atoms with Gasteiger partial charge in [-0.3, -0.25) is 5.43 Å². The molecule has 90 valence electrons. The van der Waals surface area contributed by atoms with Gasteiger partial charge in [0.25, 0.3) is 0 Å². The summed E-state index contributed by atoms with van der Waals surface area (Å²) in [4.78, 5) is 0. The van der Waals surface area contributed by atoms with Crippen LogP contribution in [0.2, 0.25) is 0 Å². The summed E-state index contributed by atoms with van der Waals surface area (Å²) >= 11 is 0. The number of hydrazone groups is 1. The molecular weight excluding hydrogens is 226 g/mol. The van der Waals surface area contributed by atoms with Crippen molar-refractivity contribution in [1.29, 1.82) is 10.5 Å². The van der Waals surface area contributed by atoms with Gasteiger partial charge in [-0.2, -0.15) is 15.6 Å². The third-order valence-electron chi connectivity index (χ3n) is 2.86. The van der Waals surface area contributed by atoms with Crippen LogP contribution in [0.25, 0.3) is 0 Å². The molecule has 0 aromatic heterocycles. The highest BCUT2D eigenvalue weighted by Gasteiger charge is 2.15. The van der Waals surface area contributed by atoms with Gasteiger partial charge in [0.1, 0.15) is 12.1 Å². The number of benzene rings is 1. The number of anilines is 1. The van der Waals surface area contributed by atoms with E-state index in [2.05, 4.69) is 21.9 Å². The number of nitrogens with zero attached hydrogens (tertiary/aromatic N) is 3. The Morgan fingerprint density at radius 2 is 2.22 bits per heavy atom. The standard InChI is InChI=1S/C13H13N5/c14-8-12(9-15)18-17-11-4-1-3-10(7-11)13-5-2-6-16-13/h1,3-4,7,13,16-17H,2,5-6H2. The number of hydrogen-bond donors (Lipinski definition) is 2. The molecule has 2 rings (SSSR count). The van der Waals surface area contributed by atoms with Crippen LogP contribution < -0.4 is 10.7 Å². The molecular formula is C13H13N5. The Hall–Kier alpha value is -2.37. The molecule has 1 aliphatic rings. The van der Waals surface area contributed by atoms with Gasteiger partial charge >= 0.3 is 0 Å². The molecule has 0 amide bonds. The second-order valence-electron chi connectivity index (χ2n) is 4.07. The largest absolute Gasteiger partial charge is 0.310 e. The van der Waals surface area contributed by atoms with E-state index in [9.17, 15) is 0 Å². The molecule has 1 saturated heterocycles.